The lowest BCUT2D eigenvalue weighted by atomic mass is 9.80. The number of anilines is 1. The number of carbonyl (C=O) groups is 2. The summed E-state index contributed by atoms with van der Waals surface area (Å²) in [6.45, 7) is 0. The smallest absolute Gasteiger partial charge is 0.251 e. The molecular formula is C25H27FN2O3. The fraction of sp³-hybridized carbons (Fsp3) is 0.360. The van der Waals surface area contributed by atoms with Crippen LogP contribution in [-0.4, -0.2) is 30.5 Å². The number of para-hydroxylation sites is 1. The number of β-lactam (4-membered cyclic amide) rings is 1. The number of hydrogen-bond donors (Lipinski definition) is 1. The zero-order chi connectivity index (χ0) is 21.8. The van der Waals surface area contributed by atoms with Crippen LogP contribution in [0.25, 0.3) is 6.08 Å². The number of nitrogens with zero attached hydrogens (tertiary/aromatic N) is 1. The first-order valence-corrected chi connectivity index (χ1v) is 10.8. The van der Waals surface area contributed by atoms with E-state index in [-0.39, 0.29) is 24.3 Å². The van der Waals surface area contributed by atoms with Crippen molar-refractivity contribution in [2.75, 3.05) is 12.0 Å². The van der Waals surface area contributed by atoms with E-state index in [1.54, 1.807) is 13.2 Å². The first-order chi connectivity index (χ1) is 15.0. The van der Waals surface area contributed by atoms with E-state index in [2.05, 4.69) is 5.32 Å². The van der Waals surface area contributed by atoms with Gasteiger partial charge in [-0.15, -0.1) is 0 Å². The molecule has 2 aromatic rings. The minimum Gasteiger partial charge on any atom is -0.496 e. The number of carbonyl (C=O) groups excluding carboxylic acids is 2. The van der Waals surface area contributed by atoms with E-state index in [0.29, 0.717) is 11.4 Å². The van der Waals surface area contributed by atoms with Gasteiger partial charge in [-0.2, -0.15) is 0 Å². The molecular weight excluding hydrogens is 395 g/mol. The predicted molar refractivity (Wildman–Crippen MR) is 118 cm³/mol. The van der Waals surface area contributed by atoms with Crippen molar-refractivity contribution < 1.29 is 18.7 Å². The maximum Gasteiger partial charge on any atom is 0.251 e. The van der Waals surface area contributed by atoms with Gasteiger partial charge in [0.25, 0.3) is 5.91 Å². The molecule has 4 rings (SSSR count). The third kappa shape index (κ3) is 4.20. The molecule has 0 spiro atoms. The topological polar surface area (TPSA) is 58.6 Å². The molecule has 6 heteroatoms. The summed E-state index contributed by atoms with van der Waals surface area (Å²) in [4.78, 5) is 27.7. The Labute approximate surface area is 181 Å². The highest BCUT2D eigenvalue weighted by Gasteiger charge is 2.56. The molecule has 1 saturated heterocycles. The van der Waals surface area contributed by atoms with E-state index in [1.807, 2.05) is 30.3 Å². The summed E-state index contributed by atoms with van der Waals surface area (Å²) in [6.07, 6.45) is 8.92. The lowest BCUT2D eigenvalue weighted by Gasteiger charge is -2.49. The molecule has 5 nitrogen and oxygen atoms in total. The van der Waals surface area contributed by atoms with Crippen LogP contribution < -0.4 is 15.0 Å². The molecule has 2 aliphatic rings. The van der Waals surface area contributed by atoms with E-state index in [9.17, 15) is 14.0 Å². The Morgan fingerprint density at radius 2 is 1.84 bits per heavy atom. The number of methoxy groups -OCH3 is 1. The molecule has 1 aliphatic heterocycles. The van der Waals surface area contributed by atoms with Crippen molar-refractivity contribution in [3.8, 4) is 5.75 Å². The molecule has 0 bridgehead atoms. The second kappa shape index (κ2) is 8.92. The van der Waals surface area contributed by atoms with Gasteiger partial charge in [0.05, 0.1) is 13.5 Å². The number of halogens is 1. The molecule has 162 valence electrons. The Morgan fingerprint density at radius 3 is 2.52 bits per heavy atom. The molecule has 2 aromatic carbocycles. The zero-order valence-corrected chi connectivity index (χ0v) is 17.6. The molecule has 0 aromatic heterocycles. The van der Waals surface area contributed by atoms with Crippen molar-refractivity contribution in [1.82, 2.24) is 5.32 Å². The average Bonchev–Trinajstić information content (AvgIpc) is 2.78. The van der Waals surface area contributed by atoms with Gasteiger partial charge in [-0.3, -0.25) is 14.5 Å². The predicted octanol–water partition coefficient (Wildman–Crippen LogP) is 4.47. The minimum absolute atomic E-state index is 0.0641. The summed E-state index contributed by atoms with van der Waals surface area (Å²) in [5.74, 6) is -0.0799. The van der Waals surface area contributed by atoms with Crippen LogP contribution in [0, 0.1) is 5.82 Å². The Bertz CT molecular complexity index is 983. The monoisotopic (exact) mass is 422 g/mol. The van der Waals surface area contributed by atoms with Gasteiger partial charge in [0.2, 0.25) is 5.91 Å². The highest BCUT2D eigenvalue weighted by Crippen LogP contribution is 2.40. The van der Waals surface area contributed by atoms with Crippen LogP contribution in [0.4, 0.5) is 10.1 Å². The van der Waals surface area contributed by atoms with Crippen molar-refractivity contribution in [1.29, 1.82) is 0 Å². The maximum absolute atomic E-state index is 13.5. The van der Waals surface area contributed by atoms with Gasteiger partial charge in [-0.1, -0.05) is 43.5 Å². The van der Waals surface area contributed by atoms with Gasteiger partial charge < -0.3 is 10.1 Å². The number of benzene rings is 2. The van der Waals surface area contributed by atoms with Crippen LogP contribution in [-0.2, 0) is 9.59 Å². The molecule has 0 unspecified atom stereocenters. The molecule has 1 N–H and O–H groups in total. The van der Waals surface area contributed by atoms with E-state index in [4.69, 9.17) is 4.74 Å². The van der Waals surface area contributed by atoms with Crippen molar-refractivity contribution in [2.45, 2.75) is 50.1 Å². The average molecular weight is 423 g/mol. The summed E-state index contributed by atoms with van der Waals surface area (Å²) in [5.41, 5.74) is 0.155. The summed E-state index contributed by atoms with van der Waals surface area (Å²) >= 11 is 0. The van der Waals surface area contributed by atoms with Gasteiger partial charge in [-0.05, 0) is 49.2 Å². The standard InChI is InChI=1S/C25H27FN2O3/c1-31-22-10-6-5-7-18(22)15-16-25(24(30)27-20-8-3-2-4-9-20)17-23(29)28(25)21-13-11-19(26)12-14-21/h5-7,10-16,20H,2-4,8-9,17H2,1H3,(H,27,30)/b16-15+/t25-/m1/s1. The summed E-state index contributed by atoms with van der Waals surface area (Å²) < 4.78 is 18.9. The van der Waals surface area contributed by atoms with Gasteiger partial charge in [0, 0.05) is 17.3 Å². The van der Waals surface area contributed by atoms with Gasteiger partial charge in [-0.25, -0.2) is 4.39 Å². The molecule has 1 aliphatic carbocycles. The van der Waals surface area contributed by atoms with Crippen LogP contribution >= 0.6 is 0 Å². The number of hydrogen-bond acceptors (Lipinski definition) is 3. The quantitative estimate of drug-likeness (QED) is 0.699. The summed E-state index contributed by atoms with van der Waals surface area (Å²) in [7, 11) is 1.59. The first-order valence-electron chi connectivity index (χ1n) is 10.8. The molecule has 31 heavy (non-hydrogen) atoms. The highest BCUT2D eigenvalue weighted by atomic mass is 19.1. The van der Waals surface area contributed by atoms with Crippen molar-refractivity contribution >= 4 is 23.6 Å². The molecule has 0 radical (unpaired) electrons. The highest BCUT2D eigenvalue weighted by molar-refractivity contribution is 6.15. The zero-order valence-electron chi connectivity index (χ0n) is 17.6. The van der Waals surface area contributed by atoms with Gasteiger partial charge >= 0.3 is 0 Å². The lowest BCUT2D eigenvalue weighted by molar-refractivity contribution is -0.137. The van der Waals surface area contributed by atoms with Crippen LogP contribution in [0.15, 0.2) is 54.6 Å². The van der Waals surface area contributed by atoms with Crippen LogP contribution in [0.2, 0.25) is 0 Å². The van der Waals surface area contributed by atoms with Crippen LogP contribution in [0.5, 0.6) is 5.75 Å². The number of ether oxygens (including phenoxy) is 1. The second-order valence-electron chi connectivity index (χ2n) is 8.19. The lowest BCUT2D eigenvalue weighted by Crippen LogP contribution is -2.70. The van der Waals surface area contributed by atoms with Crippen molar-refractivity contribution in [2.24, 2.45) is 0 Å². The Morgan fingerprint density at radius 1 is 1.13 bits per heavy atom. The summed E-state index contributed by atoms with van der Waals surface area (Å²) in [5, 5.41) is 3.17. The second-order valence-corrected chi connectivity index (χ2v) is 8.19. The largest absolute Gasteiger partial charge is 0.496 e. The Kier molecular flexibility index (Phi) is 6.07. The normalized spacial score (nSPS) is 21.7. The Hall–Kier alpha value is -3.15. The van der Waals surface area contributed by atoms with Crippen LogP contribution in [0.1, 0.15) is 44.1 Å². The van der Waals surface area contributed by atoms with E-state index >= 15 is 0 Å². The first kappa shape index (κ1) is 21.1. The van der Waals surface area contributed by atoms with E-state index in [0.717, 1.165) is 31.2 Å². The molecule has 2 fully saturated rings. The fourth-order valence-corrected chi connectivity index (χ4v) is 4.46. The third-order valence-electron chi connectivity index (χ3n) is 6.17. The molecule has 1 atom stereocenters. The number of rotatable bonds is 6. The van der Waals surface area contributed by atoms with Crippen LogP contribution in [0.3, 0.4) is 0 Å². The van der Waals surface area contributed by atoms with Crippen molar-refractivity contribution in [3.05, 3.63) is 66.0 Å². The van der Waals surface area contributed by atoms with Gasteiger partial charge in [0.1, 0.15) is 11.6 Å². The van der Waals surface area contributed by atoms with E-state index < -0.39 is 11.4 Å². The van der Waals surface area contributed by atoms with Gasteiger partial charge in [0.15, 0.2) is 5.54 Å². The van der Waals surface area contributed by atoms with E-state index in [1.165, 1.54) is 35.6 Å². The molecule has 2 amide bonds. The minimum atomic E-state index is -1.16. The fourth-order valence-electron chi connectivity index (χ4n) is 4.46. The third-order valence-corrected chi connectivity index (χ3v) is 6.17. The molecule has 1 heterocycles. The maximum atomic E-state index is 13.5. The molecule has 1 saturated carbocycles. The summed E-state index contributed by atoms with van der Waals surface area (Å²) in [6, 6.07) is 13.3. The SMILES string of the molecule is COc1ccccc1/C=C/[C@]1(C(=O)NC2CCCCC2)CC(=O)N1c1ccc(F)cc1. The number of nitrogens with one attached hydrogen (secondary N) is 1. The number of amides is 2. The van der Waals surface area contributed by atoms with Crippen molar-refractivity contribution in [3.63, 3.8) is 0 Å². The Balaban J connectivity index is 1.69.